The molecule has 8 nitrogen and oxygen atoms in total. The summed E-state index contributed by atoms with van der Waals surface area (Å²) in [7, 11) is 0. The van der Waals surface area contributed by atoms with E-state index in [1.165, 1.54) is 0 Å². The quantitative estimate of drug-likeness (QED) is 0.202. The maximum absolute atomic E-state index is 13.7. The maximum Gasteiger partial charge on any atom is 0.407 e. The van der Waals surface area contributed by atoms with E-state index in [0.717, 1.165) is 16.7 Å². The van der Waals surface area contributed by atoms with E-state index >= 15 is 0 Å². The van der Waals surface area contributed by atoms with Crippen LogP contribution in [0.4, 0.5) is 4.79 Å². The van der Waals surface area contributed by atoms with Gasteiger partial charge in [-0.2, -0.15) is 0 Å². The second-order valence-electron chi connectivity index (χ2n) is 12.6. The molecular formula is C36H47N3O5. The van der Waals surface area contributed by atoms with Gasteiger partial charge in [-0.3, -0.25) is 14.9 Å². The summed E-state index contributed by atoms with van der Waals surface area (Å²) in [6, 6.07) is 27.4. The molecule has 4 N–H and O–H groups in total. The van der Waals surface area contributed by atoms with Crippen molar-refractivity contribution >= 4 is 17.9 Å². The van der Waals surface area contributed by atoms with Gasteiger partial charge < -0.3 is 20.5 Å². The zero-order valence-corrected chi connectivity index (χ0v) is 26.5. The van der Waals surface area contributed by atoms with E-state index in [0.29, 0.717) is 19.4 Å². The monoisotopic (exact) mass is 601 g/mol. The van der Waals surface area contributed by atoms with E-state index in [-0.39, 0.29) is 12.3 Å². The van der Waals surface area contributed by atoms with E-state index in [4.69, 9.17) is 4.74 Å². The molecule has 0 saturated carbocycles. The third kappa shape index (κ3) is 11.9. The van der Waals surface area contributed by atoms with Crippen molar-refractivity contribution < 1.29 is 24.2 Å². The van der Waals surface area contributed by atoms with Crippen LogP contribution in [0.5, 0.6) is 0 Å². The number of nitrogens with one attached hydrogen (secondary N) is 3. The number of hydrogen-bond acceptors (Lipinski definition) is 6. The Labute approximate surface area is 261 Å². The van der Waals surface area contributed by atoms with E-state index in [1.807, 2.05) is 105 Å². The number of ether oxygens (including phenoxy) is 1. The lowest BCUT2D eigenvalue weighted by atomic mass is 9.88. The Bertz CT molecular complexity index is 1310. The first-order valence-electron chi connectivity index (χ1n) is 15.3. The van der Waals surface area contributed by atoms with Crippen molar-refractivity contribution in [3.63, 3.8) is 0 Å². The molecule has 0 saturated heterocycles. The molecule has 0 aliphatic carbocycles. The van der Waals surface area contributed by atoms with Crippen LogP contribution in [0.3, 0.4) is 0 Å². The minimum absolute atomic E-state index is 0.0189. The molecule has 0 aliphatic rings. The third-order valence-electron chi connectivity index (χ3n) is 7.25. The summed E-state index contributed by atoms with van der Waals surface area (Å²) in [5, 5.41) is 20.2. The van der Waals surface area contributed by atoms with Crippen LogP contribution in [0.25, 0.3) is 0 Å². The van der Waals surface area contributed by atoms with E-state index in [2.05, 4.69) is 16.0 Å². The molecule has 3 amide bonds. The Morgan fingerprint density at radius 3 is 1.75 bits per heavy atom. The third-order valence-corrected chi connectivity index (χ3v) is 7.25. The predicted octanol–water partition coefficient (Wildman–Crippen LogP) is 5.19. The molecule has 3 aromatic rings. The van der Waals surface area contributed by atoms with Crippen molar-refractivity contribution in [3.05, 3.63) is 108 Å². The number of imide groups is 1. The number of amides is 3. The van der Waals surface area contributed by atoms with Crippen molar-refractivity contribution in [1.82, 2.24) is 16.0 Å². The second-order valence-corrected chi connectivity index (χ2v) is 12.6. The van der Waals surface area contributed by atoms with Gasteiger partial charge in [-0.1, -0.05) is 105 Å². The summed E-state index contributed by atoms with van der Waals surface area (Å²) >= 11 is 0. The maximum atomic E-state index is 13.7. The Balaban J connectivity index is 1.78. The van der Waals surface area contributed by atoms with Gasteiger partial charge in [-0.05, 0) is 62.6 Å². The van der Waals surface area contributed by atoms with Crippen molar-refractivity contribution in [3.8, 4) is 0 Å². The molecular weight excluding hydrogens is 554 g/mol. The van der Waals surface area contributed by atoms with Crippen molar-refractivity contribution in [2.24, 2.45) is 11.8 Å². The predicted molar refractivity (Wildman–Crippen MR) is 173 cm³/mol. The van der Waals surface area contributed by atoms with Gasteiger partial charge in [0, 0.05) is 12.5 Å². The zero-order valence-electron chi connectivity index (χ0n) is 26.5. The molecule has 0 radical (unpaired) electrons. The van der Waals surface area contributed by atoms with Crippen LogP contribution in [0.15, 0.2) is 91.0 Å². The van der Waals surface area contributed by atoms with Gasteiger partial charge in [-0.25, -0.2) is 4.79 Å². The van der Waals surface area contributed by atoms with Crippen molar-refractivity contribution in [1.29, 1.82) is 0 Å². The van der Waals surface area contributed by atoms with Crippen LogP contribution >= 0.6 is 0 Å². The standard InChI is InChI=1S/C36H47N3O5/c1-25(2)32(37-24-28-19-13-8-14-20-28)34(42)39-33(41)29(21-26-15-9-6-10-16-26)23-31(40)30(22-27-17-11-7-12-18-27)38-35(43)44-36(3,4)5/h6-20,25,29-32,37,40H,21-24H2,1-5H3,(H,38,43)(H,39,41,42)/t29?,30-,31-,32+/m0/s1. The lowest BCUT2D eigenvalue weighted by Gasteiger charge is -2.29. The molecule has 3 aromatic carbocycles. The molecule has 8 heteroatoms. The lowest BCUT2D eigenvalue weighted by molar-refractivity contribution is -0.135. The van der Waals surface area contributed by atoms with Crippen LogP contribution in [0.1, 0.15) is 57.7 Å². The van der Waals surface area contributed by atoms with Gasteiger partial charge in [0.25, 0.3) is 0 Å². The fourth-order valence-electron chi connectivity index (χ4n) is 5.00. The van der Waals surface area contributed by atoms with Gasteiger partial charge in [0.1, 0.15) is 5.60 Å². The molecule has 0 aromatic heterocycles. The summed E-state index contributed by atoms with van der Waals surface area (Å²) in [6.07, 6.45) is -1.09. The number of hydrogen-bond donors (Lipinski definition) is 4. The van der Waals surface area contributed by atoms with Crippen molar-refractivity contribution in [2.45, 2.75) is 84.2 Å². The van der Waals surface area contributed by atoms with E-state index in [9.17, 15) is 19.5 Å². The first-order chi connectivity index (χ1) is 20.9. The SMILES string of the molecule is CC(C)[C@@H](NCc1ccccc1)C(=O)NC(=O)C(Cc1ccccc1)C[C@H](O)[C@H](Cc1ccccc1)NC(=O)OC(C)(C)C. The van der Waals surface area contributed by atoms with Gasteiger partial charge in [-0.15, -0.1) is 0 Å². The van der Waals surface area contributed by atoms with Gasteiger partial charge >= 0.3 is 6.09 Å². The van der Waals surface area contributed by atoms with E-state index < -0.39 is 47.6 Å². The van der Waals surface area contributed by atoms with E-state index in [1.54, 1.807) is 20.8 Å². The average molecular weight is 602 g/mol. The number of rotatable bonds is 14. The Morgan fingerprint density at radius 1 is 0.750 bits per heavy atom. The second kappa shape index (κ2) is 16.7. The number of carbonyl (C=O) groups is 3. The molecule has 236 valence electrons. The van der Waals surface area contributed by atoms with Crippen LogP contribution in [-0.2, 0) is 33.7 Å². The van der Waals surface area contributed by atoms with Gasteiger partial charge in [0.05, 0.1) is 18.2 Å². The summed E-state index contributed by atoms with van der Waals surface area (Å²) < 4.78 is 5.47. The topological polar surface area (TPSA) is 117 Å². The van der Waals surface area contributed by atoms with Crippen LogP contribution < -0.4 is 16.0 Å². The zero-order chi connectivity index (χ0) is 32.1. The Kier molecular flexibility index (Phi) is 13.1. The molecule has 44 heavy (non-hydrogen) atoms. The smallest absolute Gasteiger partial charge is 0.407 e. The molecule has 0 spiro atoms. The summed E-state index contributed by atoms with van der Waals surface area (Å²) in [5.41, 5.74) is 2.12. The Morgan fingerprint density at radius 2 is 1.25 bits per heavy atom. The molecule has 1 unspecified atom stereocenters. The highest BCUT2D eigenvalue weighted by Gasteiger charge is 2.32. The van der Waals surface area contributed by atoms with Gasteiger partial charge in [0.15, 0.2) is 0 Å². The number of aliphatic hydroxyl groups is 1. The molecule has 0 heterocycles. The highest BCUT2D eigenvalue weighted by molar-refractivity contribution is 5.98. The largest absolute Gasteiger partial charge is 0.444 e. The molecule has 0 fully saturated rings. The minimum Gasteiger partial charge on any atom is -0.444 e. The first kappa shape index (κ1) is 34.5. The van der Waals surface area contributed by atoms with Crippen molar-refractivity contribution in [2.75, 3.05) is 0 Å². The fourth-order valence-corrected chi connectivity index (χ4v) is 5.00. The molecule has 0 aliphatic heterocycles. The summed E-state index contributed by atoms with van der Waals surface area (Å²) in [5.74, 6) is -1.70. The molecule has 4 atom stereocenters. The normalized spacial score (nSPS) is 14.2. The summed E-state index contributed by atoms with van der Waals surface area (Å²) in [4.78, 5) is 39.8. The summed E-state index contributed by atoms with van der Waals surface area (Å²) in [6.45, 7) is 9.64. The van der Waals surface area contributed by atoms with Crippen LogP contribution in [-0.4, -0.2) is 46.8 Å². The Hall–Kier alpha value is -4.01. The number of alkyl carbamates (subject to hydrolysis) is 1. The number of benzene rings is 3. The number of carbonyl (C=O) groups excluding carboxylic acids is 3. The van der Waals surface area contributed by atoms with Gasteiger partial charge in [0.2, 0.25) is 11.8 Å². The van der Waals surface area contributed by atoms with Crippen LogP contribution in [0.2, 0.25) is 0 Å². The van der Waals surface area contributed by atoms with Crippen LogP contribution in [0, 0.1) is 11.8 Å². The fraction of sp³-hybridized carbons (Fsp3) is 0.417. The first-order valence-corrected chi connectivity index (χ1v) is 15.3. The minimum atomic E-state index is -1.10. The lowest BCUT2D eigenvalue weighted by Crippen LogP contribution is -2.51. The number of aliphatic hydroxyl groups excluding tert-OH is 1. The molecule has 0 bridgehead atoms. The highest BCUT2D eigenvalue weighted by atomic mass is 16.6. The average Bonchev–Trinajstić information content (AvgIpc) is 2.97. The highest BCUT2D eigenvalue weighted by Crippen LogP contribution is 2.20. The molecule has 3 rings (SSSR count).